The molecule has 1 fully saturated rings. The molecular weight excluding hydrogens is 446 g/mol. The molecule has 0 spiro atoms. The van der Waals surface area contributed by atoms with E-state index in [-0.39, 0.29) is 11.8 Å². The van der Waals surface area contributed by atoms with Gasteiger partial charge in [-0.15, -0.1) is 4.72 Å². The summed E-state index contributed by atoms with van der Waals surface area (Å²) in [6.45, 7) is 12.8. The number of carbonyl (C=O) groups is 1. The number of rotatable bonds is 11. The Kier molecular flexibility index (Phi) is 10.8. The van der Waals surface area contributed by atoms with E-state index in [9.17, 15) is 19.5 Å². The van der Waals surface area contributed by atoms with Gasteiger partial charge in [0.2, 0.25) is 0 Å². The molecule has 1 atom stereocenters. The molecule has 2 rings (SSSR count). The third-order valence-electron chi connectivity index (χ3n) is 5.28. The van der Waals surface area contributed by atoms with Crippen molar-refractivity contribution in [3.8, 4) is 0 Å². The van der Waals surface area contributed by atoms with Crippen LogP contribution in [0.3, 0.4) is 0 Å². The van der Waals surface area contributed by atoms with Crippen LogP contribution in [0.4, 0.5) is 10.5 Å². The van der Waals surface area contributed by atoms with Crippen molar-refractivity contribution in [2.75, 3.05) is 59.4 Å². The zero-order valence-electron chi connectivity index (χ0n) is 20.1. The van der Waals surface area contributed by atoms with Gasteiger partial charge in [0, 0.05) is 70.6 Å². The van der Waals surface area contributed by atoms with Gasteiger partial charge in [-0.25, -0.2) is 4.79 Å². The van der Waals surface area contributed by atoms with Crippen LogP contribution >= 0.6 is 0 Å². The van der Waals surface area contributed by atoms with Crippen molar-refractivity contribution >= 4 is 23.1 Å². The number of nitrogens with zero attached hydrogens (tertiary/aromatic N) is 4. The van der Waals surface area contributed by atoms with Gasteiger partial charge < -0.3 is 24.0 Å². The van der Waals surface area contributed by atoms with Gasteiger partial charge in [-0.2, -0.15) is 0 Å². The van der Waals surface area contributed by atoms with Gasteiger partial charge in [0.15, 0.2) is 4.90 Å². The smallest absolute Gasteiger partial charge is 0.410 e. The highest BCUT2D eigenvalue weighted by atomic mass is 32.2. The van der Waals surface area contributed by atoms with Crippen LogP contribution in [0, 0.1) is 10.1 Å². The number of nitrogens with one attached hydrogen (secondary N) is 1. The first-order chi connectivity index (χ1) is 15.5. The second-order valence-corrected chi connectivity index (χ2v) is 10.5. The van der Waals surface area contributed by atoms with Crippen molar-refractivity contribution in [3.05, 3.63) is 34.4 Å². The summed E-state index contributed by atoms with van der Waals surface area (Å²) < 4.78 is 20.6. The minimum atomic E-state index is -1.37. The third kappa shape index (κ3) is 10.3. The largest absolute Gasteiger partial charge is 0.593 e. The monoisotopic (exact) mass is 483 g/mol. The number of non-ortho nitro benzene ring substituents is 1. The number of hydrogen-bond donors (Lipinski definition) is 1. The highest BCUT2D eigenvalue weighted by Crippen LogP contribution is 2.15. The normalized spacial score (nSPS) is 16.4. The lowest BCUT2D eigenvalue weighted by Gasteiger charge is -2.35. The molecule has 0 radical (unpaired) electrons. The zero-order chi connectivity index (χ0) is 24.4. The van der Waals surface area contributed by atoms with E-state index in [1.54, 1.807) is 11.9 Å². The van der Waals surface area contributed by atoms with Crippen LogP contribution in [0.25, 0.3) is 0 Å². The molecular formula is C22H37N5O5S. The molecule has 186 valence electrons. The van der Waals surface area contributed by atoms with Crippen molar-refractivity contribution < 1.29 is 19.0 Å². The van der Waals surface area contributed by atoms with E-state index in [1.165, 1.54) is 24.3 Å². The summed E-state index contributed by atoms with van der Waals surface area (Å²) in [6, 6.07) is 5.77. The Morgan fingerprint density at radius 1 is 1.12 bits per heavy atom. The summed E-state index contributed by atoms with van der Waals surface area (Å²) in [7, 11) is 1.77. The maximum Gasteiger partial charge on any atom is 0.410 e. The summed E-state index contributed by atoms with van der Waals surface area (Å²) in [6.07, 6.45) is 1.50. The first-order valence-electron chi connectivity index (χ1n) is 11.3. The fraction of sp³-hybridized carbons (Fsp3) is 0.682. The Morgan fingerprint density at radius 3 is 2.18 bits per heavy atom. The molecule has 10 nitrogen and oxygen atoms in total. The predicted octanol–water partition coefficient (Wildman–Crippen LogP) is 2.47. The molecule has 33 heavy (non-hydrogen) atoms. The summed E-state index contributed by atoms with van der Waals surface area (Å²) in [4.78, 5) is 29.2. The summed E-state index contributed by atoms with van der Waals surface area (Å²) in [5, 5.41) is 10.7. The highest BCUT2D eigenvalue weighted by molar-refractivity contribution is 7.89. The van der Waals surface area contributed by atoms with Gasteiger partial charge in [-0.3, -0.25) is 10.1 Å². The number of ether oxygens (including phenoxy) is 1. The number of carbonyl (C=O) groups excluding carboxylic acids is 1. The Hall–Kier alpha value is -1.92. The van der Waals surface area contributed by atoms with Crippen molar-refractivity contribution in [1.82, 2.24) is 19.4 Å². The first kappa shape index (κ1) is 27.3. The van der Waals surface area contributed by atoms with Crippen LogP contribution < -0.4 is 4.72 Å². The molecule has 0 aromatic heterocycles. The lowest BCUT2D eigenvalue weighted by molar-refractivity contribution is -0.384. The standard InChI is InChI=1S/C22H37N5O5S/c1-22(2,3)32-21(28)24(4)12-6-14-26-17-15-25(16-18-26)13-5-11-23-33(31)20-9-7-19(8-10-20)27(29)30/h7-10,23H,5-6,11-18H2,1-4H3. The molecule has 1 unspecified atom stereocenters. The molecule has 1 amide bonds. The average Bonchev–Trinajstić information content (AvgIpc) is 2.76. The second kappa shape index (κ2) is 13.1. The molecule has 0 saturated carbocycles. The molecule has 1 saturated heterocycles. The van der Waals surface area contributed by atoms with Crippen LogP contribution in [0.1, 0.15) is 33.6 Å². The van der Waals surface area contributed by atoms with E-state index < -0.39 is 21.9 Å². The van der Waals surface area contributed by atoms with Crippen molar-refractivity contribution in [1.29, 1.82) is 0 Å². The summed E-state index contributed by atoms with van der Waals surface area (Å²) in [5.74, 6) is 0. The Labute approximate surface area is 199 Å². The lowest BCUT2D eigenvalue weighted by atomic mass is 10.2. The van der Waals surface area contributed by atoms with Crippen molar-refractivity contribution in [2.45, 2.75) is 44.1 Å². The molecule has 11 heteroatoms. The highest BCUT2D eigenvalue weighted by Gasteiger charge is 2.20. The van der Waals surface area contributed by atoms with E-state index in [4.69, 9.17) is 4.74 Å². The molecule has 1 heterocycles. The topological polar surface area (TPSA) is 114 Å². The molecule has 1 N–H and O–H groups in total. The molecule has 0 aliphatic carbocycles. The zero-order valence-corrected chi connectivity index (χ0v) is 20.9. The van der Waals surface area contributed by atoms with E-state index in [1.807, 2.05) is 20.8 Å². The maximum atomic E-state index is 12.3. The van der Waals surface area contributed by atoms with Crippen LogP contribution in [-0.2, 0) is 16.1 Å². The van der Waals surface area contributed by atoms with Gasteiger partial charge in [0.05, 0.1) is 16.3 Å². The fourth-order valence-electron chi connectivity index (χ4n) is 3.44. The van der Waals surface area contributed by atoms with E-state index in [2.05, 4.69) is 14.5 Å². The minimum Gasteiger partial charge on any atom is -0.593 e. The van der Waals surface area contributed by atoms with E-state index in [0.29, 0.717) is 18.0 Å². The van der Waals surface area contributed by atoms with Crippen molar-refractivity contribution in [3.63, 3.8) is 0 Å². The first-order valence-corrected chi connectivity index (χ1v) is 12.5. The molecule has 1 aromatic carbocycles. The SMILES string of the molecule is CN(CCCN1CCN(CCCN[S+]([O-])c2ccc([N+](=O)[O-])cc2)CC1)C(=O)OC(C)(C)C. The summed E-state index contributed by atoms with van der Waals surface area (Å²) >= 11 is -1.37. The van der Waals surface area contributed by atoms with Crippen LogP contribution in [0.15, 0.2) is 29.2 Å². The quantitative estimate of drug-likeness (QED) is 0.221. The lowest BCUT2D eigenvalue weighted by Crippen LogP contribution is -2.47. The van der Waals surface area contributed by atoms with Crippen LogP contribution in [0.5, 0.6) is 0 Å². The number of nitro groups is 1. The Morgan fingerprint density at radius 2 is 1.67 bits per heavy atom. The molecule has 1 aliphatic rings. The van der Waals surface area contributed by atoms with Gasteiger partial charge >= 0.3 is 6.09 Å². The van der Waals surface area contributed by atoms with Gasteiger partial charge in [-0.05, 0) is 46.7 Å². The molecule has 1 aromatic rings. The number of benzene rings is 1. The average molecular weight is 484 g/mol. The number of piperazine rings is 1. The number of amides is 1. The van der Waals surface area contributed by atoms with Gasteiger partial charge in [-0.1, -0.05) is 0 Å². The van der Waals surface area contributed by atoms with Crippen LogP contribution in [0.2, 0.25) is 0 Å². The Bertz CT molecular complexity index is 751. The second-order valence-electron chi connectivity index (χ2n) is 9.21. The molecule has 0 bridgehead atoms. The van der Waals surface area contributed by atoms with E-state index >= 15 is 0 Å². The third-order valence-corrected chi connectivity index (χ3v) is 6.45. The van der Waals surface area contributed by atoms with Crippen LogP contribution in [-0.4, -0.2) is 95.3 Å². The summed E-state index contributed by atoms with van der Waals surface area (Å²) in [5.41, 5.74) is -0.485. The van der Waals surface area contributed by atoms with Gasteiger partial charge in [0.25, 0.3) is 5.69 Å². The predicted molar refractivity (Wildman–Crippen MR) is 128 cm³/mol. The van der Waals surface area contributed by atoms with Crippen molar-refractivity contribution in [2.24, 2.45) is 0 Å². The van der Waals surface area contributed by atoms with E-state index in [0.717, 1.165) is 52.1 Å². The number of hydrogen-bond acceptors (Lipinski definition) is 8. The molecule has 1 aliphatic heterocycles. The maximum absolute atomic E-state index is 12.3. The van der Waals surface area contributed by atoms with Gasteiger partial charge in [0.1, 0.15) is 5.60 Å². The fourth-order valence-corrected chi connectivity index (χ4v) is 4.32. The Balaban J connectivity index is 1.55. The number of nitro benzene ring substituents is 1. The minimum absolute atomic E-state index is 0.00930.